The third kappa shape index (κ3) is 2.80. The number of hydrogen-bond donors (Lipinski definition) is 0. The Morgan fingerprint density at radius 1 is 1.19 bits per heavy atom. The van der Waals surface area contributed by atoms with Gasteiger partial charge in [0.05, 0.1) is 12.5 Å². The Kier molecular flexibility index (Phi) is 3.94. The average molecular weight is 321 g/mol. The lowest BCUT2D eigenvalue weighted by Crippen LogP contribution is -1.95. The van der Waals surface area contributed by atoms with Gasteiger partial charge in [-0.2, -0.15) is 4.98 Å². The lowest BCUT2D eigenvalue weighted by atomic mass is 10.1. The zero-order chi connectivity index (χ0) is 14.8. The Balaban J connectivity index is 2.04. The van der Waals surface area contributed by atoms with Gasteiger partial charge in [0.25, 0.3) is 0 Å². The number of methoxy groups -OCH3 is 1. The minimum Gasteiger partial charge on any atom is -0.493 e. The number of hydrogen-bond acceptors (Lipinski definition) is 5. The van der Waals surface area contributed by atoms with Gasteiger partial charge >= 0.3 is 0 Å². The van der Waals surface area contributed by atoms with Gasteiger partial charge in [-0.3, -0.25) is 0 Å². The van der Waals surface area contributed by atoms with Gasteiger partial charge in [0.15, 0.2) is 11.5 Å². The second kappa shape index (κ2) is 5.87. The maximum Gasteiger partial charge on any atom is 0.232 e. The van der Waals surface area contributed by atoms with E-state index in [0.29, 0.717) is 17.4 Å². The molecule has 1 aromatic carbocycles. The van der Waals surface area contributed by atoms with E-state index in [4.69, 9.17) is 21.1 Å². The zero-order valence-electron chi connectivity index (χ0n) is 11.6. The Morgan fingerprint density at radius 3 is 2.81 bits per heavy atom. The van der Waals surface area contributed by atoms with Gasteiger partial charge in [-0.05, 0) is 47.2 Å². The summed E-state index contributed by atoms with van der Waals surface area (Å²) in [6, 6.07) is 7.76. The monoisotopic (exact) mass is 320 g/mol. The molecule has 0 aliphatic heterocycles. The normalized spacial score (nSPS) is 10.8. The molecule has 6 heteroatoms. The van der Waals surface area contributed by atoms with Crippen LogP contribution in [-0.2, 0) is 6.42 Å². The molecule has 0 aliphatic rings. The Hall–Kier alpha value is -1.85. The van der Waals surface area contributed by atoms with Gasteiger partial charge in [0, 0.05) is 0 Å². The van der Waals surface area contributed by atoms with E-state index in [-0.39, 0.29) is 5.28 Å². The molecule has 3 aromatic rings. The maximum atomic E-state index is 5.94. The van der Waals surface area contributed by atoms with Crippen molar-refractivity contribution in [1.29, 1.82) is 0 Å². The summed E-state index contributed by atoms with van der Waals surface area (Å²) in [4.78, 5) is 9.14. The highest BCUT2D eigenvalue weighted by Gasteiger charge is 2.13. The van der Waals surface area contributed by atoms with E-state index in [0.717, 1.165) is 16.6 Å². The first-order valence-corrected chi connectivity index (χ1v) is 7.72. The molecule has 0 aliphatic carbocycles. The topological polar surface area (TPSA) is 44.2 Å². The van der Waals surface area contributed by atoms with Crippen LogP contribution < -0.4 is 9.47 Å². The number of benzene rings is 1. The van der Waals surface area contributed by atoms with Crippen molar-refractivity contribution in [2.24, 2.45) is 0 Å². The van der Waals surface area contributed by atoms with E-state index in [9.17, 15) is 0 Å². The molecular formula is C15H13ClN2O2S. The lowest BCUT2D eigenvalue weighted by molar-refractivity contribution is 0.375. The molecule has 0 saturated carbocycles. The molecule has 4 nitrogen and oxygen atoms in total. The fourth-order valence-electron chi connectivity index (χ4n) is 2.00. The number of fused-ring (bicyclic) bond motifs is 1. The summed E-state index contributed by atoms with van der Waals surface area (Å²) in [5, 5.41) is 2.94. The SMILES string of the molecule is CCc1ccc(Oc2nc(Cl)nc3sccc23)c(OC)c1. The average Bonchev–Trinajstić information content (AvgIpc) is 2.96. The van der Waals surface area contributed by atoms with Crippen LogP contribution in [0.15, 0.2) is 29.6 Å². The second-order valence-electron chi connectivity index (χ2n) is 4.38. The van der Waals surface area contributed by atoms with Crippen molar-refractivity contribution in [3.05, 3.63) is 40.5 Å². The number of nitrogens with zero attached hydrogens (tertiary/aromatic N) is 2. The van der Waals surface area contributed by atoms with Crippen LogP contribution >= 0.6 is 22.9 Å². The summed E-state index contributed by atoms with van der Waals surface area (Å²) < 4.78 is 11.3. The van der Waals surface area contributed by atoms with Crippen LogP contribution in [0.2, 0.25) is 5.28 Å². The highest BCUT2D eigenvalue weighted by Crippen LogP contribution is 2.36. The minimum atomic E-state index is 0.170. The summed E-state index contributed by atoms with van der Waals surface area (Å²) in [7, 11) is 1.62. The second-order valence-corrected chi connectivity index (χ2v) is 5.61. The van der Waals surface area contributed by atoms with Crippen LogP contribution in [0, 0.1) is 0 Å². The Bertz CT molecular complexity index is 788. The molecule has 2 aromatic heterocycles. The molecule has 0 unspecified atom stereocenters. The molecule has 21 heavy (non-hydrogen) atoms. The van der Waals surface area contributed by atoms with Crippen LogP contribution in [0.5, 0.6) is 17.4 Å². The summed E-state index contributed by atoms with van der Waals surface area (Å²) in [6.45, 7) is 2.09. The molecule has 0 bridgehead atoms. The molecule has 0 fully saturated rings. The van der Waals surface area contributed by atoms with Crippen LogP contribution in [-0.4, -0.2) is 17.1 Å². The van der Waals surface area contributed by atoms with Crippen LogP contribution in [0.4, 0.5) is 0 Å². The molecule has 0 N–H and O–H groups in total. The van der Waals surface area contributed by atoms with Crippen LogP contribution in [0.25, 0.3) is 10.2 Å². The van der Waals surface area contributed by atoms with E-state index in [1.807, 2.05) is 29.6 Å². The number of rotatable bonds is 4. The fraction of sp³-hybridized carbons (Fsp3) is 0.200. The number of halogens is 1. The van der Waals surface area contributed by atoms with Crippen molar-refractivity contribution < 1.29 is 9.47 Å². The van der Waals surface area contributed by atoms with Crippen molar-refractivity contribution in [3.63, 3.8) is 0 Å². The summed E-state index contributed by atoms with van der Waals surface area (Å²) in [5.41, 5.74) is 1.18. The molecule has 0 spiro atoms. The predicted molar refractivity (Wildman–Crippen MR) is 84.9 cm³/mol. The molecule has 2 heterocycles. The third-order valence-electron chi connectivity index (χ3n) is 3.11. The summed E-state index contributed by atoms with van der Waals surface area (Å²) in [6.07, 6.45) is 0.935. The van der Waals surface area contributed by atoms with Gasteiger partial charge < -0.3 is 9.47 Å². The number of aryl methyl sites for hydroxylation is 1. The highest BCUT2D eigenvalue weighted by molar-refractivity contribution is 7.16. The molecule has 0 amide bonds. The molecule has 0 saturated heterocycles. The highest BCUT2D eigenvalue weighted by atomic mass is 35.5. The van der Waals surface area contributed by atoms with E-state index >= 15 is 0 Å². The maximum absolute atomic E-state index is 5.94. The standard InChI is InChI=1S/C15H13ClN2O2S/c1-3-9-4-5-11(12(8-9)19-2)20-13-10-6-7-21-14(10)18-15(16)17-13/h4-8H,3H2,1-2H3. The van der Waals surface area contributed by atoms with Gasteiger partial charge in [-0.25, -0.2) is 4.98 Å². The number of ether oxygens (including phenoxy) is 2. The summed E-state index contributed by atoms with van der Waals surface area (Å²) in [5.74, 6) is 1.72. The van der Waals surface area contributed by atoms with E-state index < -0.39 is 0 Å². The van der Waals surface area contributed by atoms with Crippen molar-refractivity contribution in [2.45, 2.75) is 13.3 Å². The third-order valence-corrected chi connectivity index (χ3v) is 4.08. The smallest absolute Gasteiger partial charge is 0.232 e. The van der Waals surface area contributed by atoms with E-state index in [2.05, 4.69) is 16.9 Å². The van der Waals surface area contributed by atoms with E-state index in [1.54, 1.807) is 7.11 Å². The molecular weight excluding hydrogens is 308 g/mol. The van der Waals surface area contributed by atoms with E-state index in [1.165, 1.54) is 16.9 Å². The summed E-state index contributed by atoms with van der Waals surface area (Å²) >= 11 is 7.44. The number of aromatic nitrogens is 2. The molecule has 0 radical (unpaired) electrons. The largest absolute Gasteiger partial charge is 0.493 e. The van der Waals surface area contributed by atoms with Crippen molar-refractivity contribution in [2.75, 3.05) is 7.11 Å². The van der Waals surface area contributed by atoms with Crippen molar-refractivity contribution in [1.82, 2.24) is 9.97 Å². The number of thiophene rings is 1. The van der Waals surface area contributed by atoms with Crippen LogP contribution in [0.3, 0.4) is 0 Å². The fourth-order valence-corrected chi connectivity index (χ4v) is 2.97. The Labute approximate surface area is 131 Å². The van der Waals surface area contributed by atoms with Gasteiger partial charge in [-0.15, -0.1) is 11.3 Å². The van der Waals surface area contributed by atoms with Gasteiger partial charge in [0.2, 0.25) is 11.2 Å². The molecule has 0 atom stereocenters. The Morgan fingerprint density at radius 2 is 2.05 bits per heavy atom. The molecule has 108 valence electrons. The molecule has 3 rings (SSSR count). The first kappa shape index (κ1) is 14.1. The lowest BCUT2D eigenvalue weighted by Gasteiger charge is -2.11. The first-order chi connectivity index (χ1) is 10.2. The quantitative estimate of drug-likeness (QED) is 0.653. The predicted octanol–water partition coefficient (Wildman–Crippen LogP) is 4.71. The minimum absolute atomic E-state index is 0.170. The van der Waals surface area contributed by atoms with Gasteiger partial charge in [-0.1, -0.05) is 13.0 Å². The van der Waals surface area contributed by atoms with Gasteiger partial charge in [0.1, 0.15) is 4.83 Å². The van der Waals surface area contributed by atoms with Crippen molar-refractivity contribution >= 4 is 33.2 Å². The van der Waals surface area contributed by atoms with Crippen LogP contribution in [0.1, 0.15) is 12.5 Å². The first-order valence-electron chi connectivity index (χ1n) is 6.46. The van der Waals surface area contributed by atoms with Crippen molar-refractivity contribution in [3.8, 4) is 17.4 Å². The zero-order valence-corrected chi connectivity index (χ0v) is 13.2.